The van der Waals surface area contributed by atoms with Crippen LogP contribution in [0.25, 0.3) is 0 Å². The van der Waals surface area contributed by atoms with E-state index in [4.69, 9.17) is 5.73 Å². The Labute approximate surface area is 108 Å². The lowest BCUT2D eigenvalue weighted by Crippen LogP contribution is -2.51. The second-order valence-electron chi connectivity index (χ2n) is 5.64. The van der Waals surface area contributed by atoms with E-state index >= 15 is 0 Å². The number of nitrogens with one attached hydrogen (secondary N) is 1. The number of amides is 1. The molecule has 0 radical (unpaired) electrons. The van der Waals surface area contributed by atoms with Gasteiger partial charge < -0.3 is 11.1 Å². The molecule has 2 rings (SSSR count). The normalized spacial score (nSPS) is 27.5. The van der Waals surface area contributed by atoms with Gasteiger partial charge >= 0.3 is 0 Å². The van der Waals surface area contributed by atoms with E-state index in [2.05, 4.69) is 16.3 Å². The fraction of sp³-hybridized carbons (Fsp3) is 0.846. The minimum absolute atomic E-state index is 0.0497. The van der Waals surface area contributed by atoms with Gasteiger partial charge in [0, 0.05) is 12.6 Å². The van der Waals surface area contributed by atoms with E-state index in [0.29, 0.717) is 25.0 Å². The van der Waals surface area contributed by atoms with Crippen LogP contribution in [0, 0.1) is 17.2 Å². The Hall–Kier alpha value is -1.12. The van der Waals surface area contributed by atoms with Gasteiger partial charge in [-0.15, -0.1) is 0 Å². The van der Waals surface area contributed by atoms with Crippen LogP contribution < -0.4 is 11.1 Å². The predicted octanol–water partition coefficient (Wildman–Crippen LogP) is 0.218. The van der Waals surface area contributed by atoms with Crippen LogP contribution in [0.4, 0.5) is 0 Å². The molecule has 18 heavy (non-hydrogen) atoms. The molecule has 5 nitrogen and oxygen atoms in total. The van der Waals surface area contributed by atoms with Crippen LogP contribution in [0.5, 0.6) is 0 Å². The van der Waals surface area contributed by atoms with Crippen molar-refractivity contribution in [3.63, 3.8) is 0 Å². The van der Waals surface area contributed by atoms with Gasteiger partial charge in [-0.25, -0.2) is 0 Å². The van der Waals surface area contributed by atoms with Crippen LogP contribution in [0.15, 0.2) is 0 Å². The van der Waals surface area contributed by atoms with Crippen LogP contribution in [0.3, 0.4) is 0 Å². The summed E-state index contributed by atoms with van der Waals surface area (Å²) in [5.74, 6) is 0.279. The molecule has 5 heteroatoms. The zero-order valence-electron chi connectivity index (χ0n) is 11.0. The molecule has 2 aliphatic rings. The first-order valence-electron chi connectivity index (χ1n) is 6.75. The summed E-state index contributed by atoms with van der Waals surface area (Å²) >= 11 is 0. The number of hydrogen-bond donors (Lipinski definition) is 2. The summed E-state index contributed by atoms with van der Waals surface area (Å²) in [6.45, 7) is 3.73. The monoisotopic (exact) mass is 250 g/mol. The third kappa shape index (κ3) is 2.82. The minimum Gasteiger partial charge on any atom is -0.337 e. The molecule has 2 unspecified atom stereocenters. The SMILES string of the molecule is CC(C#N)(NC(=O)CN1CCCC1CN)C1CC1. The van der Waals surface area contributed by atoms with E-state index in [1.54, 1.807) is 0 Å². The number of hydrogen-bond acceptors (Lipinski definition) is 4. The molecule has 1 saturated heterocycles. The lowest BCUT2D eigenvalue weighted by atomic mass is 9.98. The minimum atomic E-state index is -0.685. The van der Waals surface area contributed by atoms with Crippen molar-refractivity contribution in [3.8, 4) is 6.07 Å². The van der Waals surface area contributed by atoms with E-state index in [9.17, 15) is 10.1 Å². The summed E-state index contributed by atoms with van der Waals surface area (Å²) in [4.78, 5) is 14.1. The van der Waals surface area contributed by atoms with Gasteiger partial charge in [-0.3, -0.25) is 9.69 Å². The number of likely N-dealkylation sites (tertiary alicyclic amines) is 1. The molecule has 3 N–H and O–H groups in total. The summed E-state index contributed by atoms with van der Waals surface area (Å²) < 4.78 is 0. The molecule has 100 valence electrons. The van der Waals surface area contributed by atoms with Gasteiger partial charge in [-0.05, 0) is 45.1 Å². The first kappa shape index (κ1) is 13.3. The molecule has 0 spiro atoms. The molecule has 2 atom stereocenters. The molecule has 0 aromatic heterocycles. The molecule has 0 aromatic carbocycles. The smallest absolute Gasteiger partial charge is 0.235 e. The number of nitriles is 1. The Balaban J connectivity index is 1.86. The maximum absolute atomic E-state index is 12.0. The average molecular weight is 250 g/mol. The Bertz CT molecular complexity index is 360. The fourth-order valence-electron chi connectivity index (χ4n) is 2.77. The van der Waals surface area contributed by atoms with E-state index in [1.165, 1.54) is 0 Å². The van der Waals surface area contributed by atoms with Crippen molar-refractivity contribution in [1.82, 2.24) is 10.2 Å². The fourth-order valence-corrected chi connectivity index (χ4v) is 2.77. The molecule has 1 aliphatic carbocycles. The van der Waals surface area contributed by atoms with Crippen molar-refractivity contribution in [1.29, 1.82) is 5.26 Å². The summed E-state index contributed by atoms with van der Waals surface area (Å²) in [6.07, 6.45) is 4.26. The highest BCUT2D eigenvalue weighted by Gasteiger charge is 2.43. The molecule has 2 fully saturated rings. The van der Waals surface area contributed by atoms with Crippen molar-refractivity contribution < 1.29 is 4.79 Å². The predicted molar refractivity (Wildman–Crippen MR) is 68.5 cm³/mol. The van der Waals surface area contributed by atoms with Crippen LogP contribution in [0.1, 0.15) is 32.6 Å². The van der Waals surface area contributed by atoms with Crippen molar-refractivity contribution in [3.05, 3.63) is 0 Å². The van der Waals surface area contributed by atoms with E-state index < -0.39 is 5.54 Å². The second kappa shape index (κ2) is 5.25. The molecule has 1 aliphatic heterocycles. The van der Waals surface area contributed by atoms with Gasteiger partial charge in [0.15, 0.2) is 0 Å². The highest BCUT2D eigenvalue weighted by Crippen LogP contribution is 2.39. The molecule has 1 saturated carbocycles. The van der Waals surface area contributed by atoms with Crippen molar-refractivity contribution in [2.75, 3.05) is 19.6 Å². The van der Waals surface area contributed by atoms with Crippen LogP contribution in [-0.2, 0) is 4.79 Å². The number of carbonyl (C=O) groups excluding carboxylic acids is 1. The maximum atomic E-state index is 12.0. The van der Waals surface area contributed by atoms with Crippen molar-refractivity contribution in [2.24, 2.45) is 11.7 Å². The molecule has 1 amide bonds. The van der Waals surface area contributed by atoms with Gasteiger partial charge in [-0.1, -0.05) is 0 Å². The van der Waals surface area contributed by atoms with Gasteiger partial charge in [0.25, 0.3) is 0 Å². The third-order valence-corrected chi connectivity index (χ3v) is 4.14. The topological polar surface area (TPSA) is 82.2 Å². The molecular weight excluding hydrogens is 228 g/mol. The summed E-state index contributed by atoms with van der Waals surface area (Å²) in [5, 5.41) is 12.1. The maximum Gasteiger partial charge on any atom is 0.235 e. The Morgan fingerprint density at radius 2 is 2.28 bits per heavy atom. The lowest BCUT2D eigenvalue weighted by molar-refractivity contribution is -0.123. The molecule has 1 heterocycles. The average Bonchev–Trinajstić information content (AvgIpc) is 3.11. The largest absolute Gasteiger partial charge is 0.337 e. The standard InChI is InChI=1S/C13H22N4O/c1-13(9-15,10-4-5-10)16-12(18)8-17-6-2-3-11(17)7-14/h10-11H,2-8,14H2,1H3,(H,16,18). The van der Waals surface area contributed by atoms with Gasteiger partial charge in [0.2, 0.25) is 5.91 Å². The quantitative estimate of drug-likeness (QED) is 0.731. The number of nitrogens with two attached hydrogens (primary N) is 1. The molecular formula is C13H22N4O. The second-order valence-corrected chi connectivity index (χ2v) is 5.64. The highest BCUT2D eigenvalue weighted by atomic mass is 16.2. The summed E-state index contributed by atoms with van der Waals surface area (Å²) in [6, 6.07) is 2.57. The van der Waals surface area contributed by atoms with E-state index in [0.717, 1.165) is 32.2 Å². The van der Waals surface area contributed by atoms with Gasteiger partial charge in [0.05, 0.1) is 12.6 Å². The van der Waals surface area contributed by atoms with Gasteiger partial charge in [-0.2, -0.15) is 5.26 Å². The van der Waals surface area contributed by atoms with Crippen LogP contribution in [0.2, 0.25) is 0 Å². The zero-order valence-corrected chi connectivity index (χ0v) is 11.0. The number of nitrogens with zero attached hydrogens (tertiary/aromatic N) is 2. The Morgan fingerprint density at radius 3 is 2.83 bits per heavy atom. The first-order chi connectivity index (χ1) is 8.59. The first-order valence-corrected chi connectivity index (χ1v) is 6.75. The highest BCUT2D eigenvalue weighted by molar-refractivity contribution is 5.79. The van der Waals surface area contributed by atoms with E-state index in [1.807, 2.05) is 6.92 Å². The summed E-state index contributed by atoms with van der Waals surface area (Å²) in [7, 11) is 0. The third-order valence-electron chi connectivity index (χ3n) is 4.14. The van der Waals surface area contributed by atoms with E-state index in [-0.39, 0.29) is 5.91 Å². The molecule has 0 bridgehead atoms. The lowest BCUT2D eigenvalue weighted by Gasteiger charge is -2.27. The number of rotatable bonds is 5. The van der Waals surface area contributed by atoms with Crippen molar-refractivity contribution >= 4 is 5.91 Å². The summed E-state index contributed by atoms with van der Waals surface area (Å²) in [5.41, 5.74) is 5.00. The van der Waals surface area contributed by atoms with Gasteiger partial charge in [0.1, 0.15) is 5.54 Å². The van der Waals surface area contributed by atoms with Crippen molar-refractivity contribution in [2.45, 2.75) is 44.2 Å². The molecule has 0 aromatic rings. The number of carbonyl (C=O) groups is 1. The Kier molecular flexibility index (Phi) is 3.88. The Morgan fingerprint density at radius 1 is 1.56 bits per heavy atom. The van der Waals surface area contributed by atoms with Crippen LogP contribution in [-0.4, -0.2) is 42.0 Å². The zero-order chi connectivity index (χ0) is 13.2. The van der Waals surface area contributed by atoms with Crippen LogP contribution >= 0.6 is 0 Å².